The van der Waals surface area contributed by atoms with E-state index in [1.165, 1.54) is 17.7 Å². The minimum absolute atomic E-state index is 0.0237. The van der Waals surface area contributed by atoms with Gasteiger partial charge < -0.3 is 0 Å². The van der Waals surface area contributed by atoms with Crippen molar-refractivity contribution in [2.75, 3.05) is 4.90 Å². The van der Waals surface area contributed by atoms with E-state index in [1.807, 2.05) is 49.4 Å². The van der Waals surface area contributed by atoms with Crippen LogP contribution in [-0.4, -0.2) is 10.8 Å². The fraction of sp³-hybridized carbons (Fsp3) is 0.179. The number of nitro benzene ring substituents is 1. The van der Waals surface area contributed by atoms with Crippen LogP contribution in [0.25, 0.3) is 11.8 Å². The summed E-state index contributed by atoms with van der Waals surface area (Å²) in [6.45, 7) is 4.21. The molecule has 0 N–H and O–H groups in total. The number of amides is 1. The molecule has 1 aliphatic rings. The van der Waals surface area contributed by atoms with Crippen molar-refractivity contribution in [3.63, 3.8) is 0 Å². The molecule has 5 nitrogen and oxygen atoms in total. The lowest BCUT2D eigenvalue weighted by molar-refractivity contribution is -0.384. The molecule has 0 fully saturated rings. The van der Waals surface area contributed by atoms with Gasteiger partial charge in [-0.15, -0.1) is 0 Å². The van der Waals surface area contributed by atoms with Gasteiger partial charge in [-0.2, -0.15) is 0 Å². The highest BCUT2D eigenvalue weighted by Gasteiger charge is 2.30. The van der Waals surface area contributed by atoms with Crippen molar-refractivity contribution in [1.82, 2.24) is 0 Å². The fourth-order valence-corrected chi connectivity index (χ4v) is 3.87. The molecular formula is C28H26N2O3. The number of unbranched alkanes of at least 4 members (excludes halogenated alkanes) is 1. The van der Waals surface area contributed by atoms with E-state index in [0.29, 0.717) is 5.57 Å². The number of carbonyl (C=O) groups is 1. The average molecular weight is 439 g/mol. The Labute approximate surface area is 193 Å². The first kappa shape index (κ1) is 22.2. The van der Waals surface area contributed by atoms with Gasteiger partial charge in [-0.05, 0) is 72.9 Å². The van der Waals surface area contributed by atoms with E-state index in [1.54, 1.807) is 23.1 Å². The minimum Gasteiger partial charge on any atom is -0.276 e. The number of hydrogen-bond donors (Lipinski definition) is 0. The maximum absolute atomic E-state index is 13.5. The summed E-state index contributed by atoms with van der Waals surface area (Å²) in [5.74, 6) is -0.120. The van der Waals surface area contributed by atoms with Crippen LogP contribution >= 0.6 is 0 Å². The summed E-state index contributed by atoms with van der Waals surface area (Å²) < 4.78 is 0. The molecule has 0 saturated heterocycles. The molecule has 1 amide bonds. The Kier molecular flexibility index (Phi) is 6.50. The van der Waals surface area contributed by atoms with Crippen molar-refractivity contribution in [2.45, 2.75) is 33.1 Å². The zero-order chi connectivity index (χ0) is 23.4. The molecule has 4 rings (SSSR count). The summed E-state index contributed by atoms with van der Waals surface area (Å²) >= 11 is 0. The quantitative estimate of drug-likeness (QED) is 0.234. The van der Waals surface area contributed by atoms with Gasteiger partial charge in [0.25, 0.3) is 11.6 Å². The fourth-order valence-electron chi connectivity index (χ4n) is 3.87. The van der Waals surface area contributed by atoms with Crippen LogP contribution in [0.5, 0.6) is 0 Å². The molecule has 3 aromatic rings. The van der Waals surface area contributed by atoms with E-state index in [9.17, 15) is 14.9 Å². The molecule has 0 aromatic heterocycles. The Balaban J connectivity index is 1.72. The topological polar surface area (TPSA) is 63.5 Å². The number of nitro groups is 1. The molecule has 0 bridgehead atoms. The molecule has 0 radical (unpaired) electrons. The molecule has 0 saturated carbocycles. The largest absolute Gasteiger partial charge is 0.276 e. The maximum atomic E-state index is 13.5. The molecule has 1 aliphatic heterocycles. The van der Waals surface area contributed by atoms with Gasteiger partial charge in [0.05, 0.1) is 10.6 Å². The van der Waals surface area contributed by atoms with Gasteiger partial charge in [0.1, 0.15) is 0 Å². The minimum atomic E-state index is -0.432. The van der Waals surface area contributed by atoms with Crippen molar-refractivity contribution in [1.29, 1.82) is 0 Å². The van der Waals surface area contributed by atoms with Crippen LogP contribution in [-0.2, 0) is 11.2 Å². The molecule has 33 heavy (non-hydrogen) atoms. The van der Waals surface area contributed by atoms with Crippen LogP contribution in [0, 0.1) is 17.0 Å². The van der Waals surface area contributed by atoms with Gasteiger partial charge in [-0.3, -0.25) is 19.8 Å². The standard InChI is InChI=1S/C28H26N2O3/c1-3-4-5-21-8-14-25(15-9-21)29-27(23-12-6-20(2)7-13-23)19-24(28(29)31)18-22-10-16-26(17-11-22)30(32)33/h6-19H,3-5H2,1-2H3/b24-18+. The molecule has 3 aromatic carbocycles. The number of aryl methyl sites for hydroxylation is 2. The second-order valence-corrected chi connectivity index (χ2v) is 8.25. The maximum Gasteiger partial charge on any atom is 0.269 e. The van der Waals surface area contributed by atoms with Gasteiger partial charge in [0, 0.05) is 23.4 Å². The summed E-state index contributed by atoms with van der Waals surface area (Å²) in [4.78, 5) is 25.7. The van der Waals surface area contributed by atoms with Gasteiger partial charge >= 0.3 is 0 Å². The van der Waals surface area contributed by atoms with Crippen LogP contribution in [0.4, 0.5) is 11.4 Å². The van der Waals surface area contributed by atoms with E-state index in [4.69, 9.17) is 0 Å². The predicted molar refractivity (Wildman–Crippen MR) is 133 cm³/mol. The Morgan fingerprint density at radius 3 is 2.21 bits per heavy atom. The van der Waals surface area contributed by atoms with Crippen LogP contribution in [0.3, 0.4) is 0 Å². The van der Waals surface area contributed by atoms with Crippen molar-refractivity contribution in [3.8, 4) is 0 Å². The number of rotatable bonds is 7. The predicted octanol–water partition coefficient (Wildman–Crippen LogP) is 6.72. The molecule has 0 unspecified atom stereocenters. The highest BCUT2D eigenvalue weighted by molar-refractivity contribution is 6.23. The molecule has 0 spiro atoms. The summed E-state index contributed by atoms with van der Waals surface area (Å²) in [5.41, 5.74) is 6.29. The van der Waals surface area contributed by atoms with Crippen LogP contribution in [0.15, 0.2) is 84.4 Å². The normalized spacial score (nSPS) is 14.6. The highest BCUT2D eigenvalue weighted by Crippen LogP contribution is 2.35. The molecule has 0 aliphatic carbocycles. The lowest BCUT2D eigenvalue weighted by Crippen LogP contribution is -2.24. The molecular weight excluding hydrogens is 412 g/mol. The lowest BCUT2D eigenvalue weighted by atomic mass is 10.1. The summed E-state index contributed by atoms with van der Waals surface area (Å²) in [6.07, 6.45) is 6.97. The first-order valence-corrected chi connectivity index (χ1v) is 11.1. The molecule has 0 atom stereocenters. The molecule has 166 valence electrons. The Morgan fingerprint density at radius 1 is 0.939 bits per heavy atom. The van der Waals surface area contributed by atoms with Gasteiger partial charge in [-0.25, -0.2) is 0 Å². The van der Waals surface area contributed by atoms with Crippen molar-refractivity contribution < 1.29 is 9.72 Å². The number of carbonyl (C=O) groups excluding carboxylic acids is 1. The SMILES string of the molecule is CCCCc1ccc(N2C(=O)/C(=C/c3ccc([N+](=O)[O-])cc3)C=C2c2ccc(C)cc2)cc1. The van der Waals surface area contributed by atoms with Crippen LogP contribution in [0.2, 0.25) is 0 Å². The van der Waals surface area contributed by atoms with Gasteiger partial charge in [0.15, 0.2) is 0 Å². The third-order valence-corrected chi connectivity index (χ3v) is 5.77. The van der Waals surface area contributed by atoms with E-state index in [-0.39, 0.29) is 11.6 Å². The Bertz CT molecular complexity index is 1220. The Hall–Kier alpha value is -3.99. The Morgan fingerprint density at radius 2 is 1.61 bits per heavy atom. The molecule has 1 heterocycles. The van der Waals surface area contributed by atoms with E-state index >= 15 is 0 Å². The lowest BCUT2D eigenvalue weighted by Gasteiger charge is -2.21. The number of anilines is 1. The van der Waals surface area contributed by atoms with Crippen LogP contribution in [0.1, 0.15) is 42.0 Å². The number of nitrogens with zero attached hydrogens (tertiary/aromatic N) is 2. The van der Waals surface area contributed by atoms with Crippen molar-refractivity contribution in [2.24, 2.45) is 0 Å². The first-order chi connectivity index (χ1) is 16.0. The second kappa shape index (κ2) is 9.65. The van der Waals surface area contributed by atoms with Gasteiger partial charge in [0.2, 0.25) is 0 Å². The van der Waals surface area contributed by atoms with Gasteiger partial charge in [-0.1, -0.05) is 55.3 Å². The van der Waals surface area contributed by atoms with Crippen molar-refractivity contribution in [3.05, 3.63) is 117 Å². The summed E-state index contributed by atoms with van der Waals surface area (Å²) in [6, 6.07) is 22.5. The van der Waals surface area contributed by atoms with E-state index in [0.717, 1.165) is 47.3 Å². The first-order valence-electron chi connectivity index (χ1n) is 11.1. The number of benzene rings is 3. The third kappa shape index (κ3) is 4.93. The second-order valence-electron chi connectivity index (χ2n) is 8.25. The zero-order valence-corrected chi connectivity index (χ0v) is 18.8. The molecule has 5 heteroatoms. The number of hydrogen-bond acceptors (Lipinski definition) is 3. The highest BCUT2D eigenvalue weighted by atomic mass is 16.6. The monoisotopic (exact) mass is 438 g/mol. The van der Waals surface area contributed by atoms with Crippen molar-refractivity contribution >= 4 is 29.1 Å². The average Bonchev–Trinajstić information content (AvgIpc) is 3.14. The smallest absolute Gasteiger partial charge is 0.269 e. The van der Waals surface area contributed by atoms with E-state index in [2.05, 4.69) is 19.1 Å². The summed E-state index contributed by atoms with van der Waals surface area (Å²) in [7, 11) is 0. The zero-order valence-electron chi connectivity index (χ0n) is 18.8. The summed E-state index contributed by atoms with van der Waals surface area (Å²) in [5, 5.41) is 10.9. The van der Waals surface area contributed by atoms with E-state index < -0.39 is 4.92 Å². The van der Waals surface area contributed by atoms with Crippen LogP contribution < -0.4 is 4.90 Å². The third-order valence-electron chi connectivity index (χ3n) is 5.77. The number of non-ortho nitro benzene ring substituents is 1.